The average molecular weight is 314 g/mol. The Kier molecular flexibility index (Phi) is 4.72. The lowest BCUT2D eigenvalue weighted by atomic mass is 10.0. The molecule has 0 saturated carbocycles. The van der Waals surface area contributed by atoms with Crippen molar-refractivity contribution in [2.75, 3.05) is 31.2 Å². The van der Waals surface area contributed by atoms with Crippen molar-refractivity contribution in [2.45, 2.75) is 6.42 Å². The predicted molar refractivity (Wildman–Crippen MR) is 82.8 cm³/mol. The third-order valence-corrected chi connectivity index (χ3v) is 3.63. The number of anilines is 1. The monoisotopic (exact) mass is 314 g/mol. The highest BCUT2D eigenvalue weighted by Crippen LogP contribution is 2.16. The Bertz CT molecular complexity index is 649. The van der Waals surface area contributed by atoms with Crippen LogP contribution in [0.5, 0.6) is 0 Å². The fourth-order valence-electron chi connectivity index (χ4n) is 2.52. The van der Waals surface area contributed by atoms with Gasteiger partial charge in [-0.15, -0.1) is 0 Å². The predicted octanol–water partition coefficient (Wildman–Crippen LogP) is 0.0610. The Morgan fingerprint density at radius 1 is 1.26 bits per heavy atom. The molecule has 0 bridgehead atoms. The van der Waals surface area contributed by atoms with E-state index in [-0.39, 0.29) is 11.6 Å². The molecule has 1 aliphatic heterocycles. The van der Waals surface area contributed by atoms with E-state index >= 15 is 0 Å². The summed E-state index contributed by atoms with van der Waals surface area (Å²) in [5.41, 5.74) is 6.15. The Hall–Kier alpha value is -2.61. The van der Waals surface area contributed by atoms with Crippen LogP contribution >= 0.6 is 0 Å². The van der Waals surface area contributed by atoms with Gasteiger partial charge in [0.25, 0.3) is 5.91 Å². The molecule has 0 radical (unpaired) electrons. The first-order valence-corrected chi connectivity index (χ1v) is 7.43. The van der Waals surface area contributed by atoms with Crippen molar-refractivity contribution in [3.63, 3.8) is 0 Å². The fourth-order valence-corrected chi connectivity index (χ4v) is 2.52. The van der Waals surface area contributed by atoms with Crippen molar-refractivity contribution in [3.05, 3.63) is 42.2 Å². The van der Waals surface area contributed by atoms with Crippen molar-refractivity contribution < 1.29 is 9.53 Å². The highest BCUT2D eigenvalue weighted by molar-refractivity contribution is 5.90. The highest BCUT2D eigenvalue weighted by atomic mass is 16.5. The van der Waals surface area contributed by atoms with Crippen LogP contribution in [0.25, 0.3) is 0 Å². The van der Waals surface area contributed by atoms with Crippen LogP contribution in [0.15, 0.2) is 30.9 Å². The molecule has 2 aromatic rings. The Balaban J connectivity index is 1.68. The second kappa shape index (κ2) is 7.10. The van der Waals surface area contributed by atoms with Crippen LogP contribution in [0.2, 0.25) is 0 Å². The van der Waals surface area contributed by atoms with Gasteiger partial charge < -0.3 is 15.4 Å². The third kappa shape index (κ3) is 3.98. The van der Waals surface area contributed by atoms with E-state index in [1.165, 1.54) is 6.20 Å². The molecule has 0 unspecified atom stereocenters. The molecule has 0 aromatic carbocycles. The number of hydrogen-bond donors (Lipinski definition) is 1. The summed E-state index contributed by atoms with van der Waals surface area (Å²) in [6.07, 6.45) is 7.17. The zero-order chi connectivity index (χ0) is 16.1. The molecular weight excluding hydrogens is 296 g/mol. The van der Waals surface area contributed by atoms with Crippen molar-refractivity contribution in [1.82, 2.24) is 19.9 Å². The van der Waals surface area contributed by atoms with Gasteiger partial charge in [-0.3, -0.25) is 9.78 Å². The van der Waals surface area contributed by atoms with E-state index in [4.69, 9.17) is 10.5 Å². The first-order chi connectivity index (χ1) is 11.2. The maximum Gasteiger partial charge on any atom is 0.268 e. The van der Waals surface area contributed by atoms with Crippen LogP contribution in [0.3, 0.4) is 0 Å². The first-order valence-electron chi connectivity index (χ1n) is 7.43. The number of ether oxygens (including phenoxy) is 1. The molecule has 2 N–H and O–H groups in total. The second-order valence-corrected chi connectivity index (χ2v) is 5.40. The summed E-state index contributed by atoms with van der Waals surface area (Å²) >= 11 is 0. The van der Waals surface area contributed by atoms with Crippen molar-refractivity contribution in [3.8, 4) is 0 Å². The van der Waals surface area contributed by atoms with E-state index in [9.17, 15) is 4.79 Å². The van der Waals surface area contributed by atoms with Gasteiger partial charge in [-0.05, 0) is 12.5 Å². The summed E-state index contributed by atoms with van der Waals surface area (Å²) in [4.78, 5) is 30.0. The molecule has 1 fully saturated rings. The number of rotatable bonds is 4. The molecule has 1 amide bonds. The molecule has 8 nitrogen and oxygen atoms in total. The standard InChI is InChI=1S/C15H18N6O2/c16-14(22)13-8-19-12(7-20-13)6-11-9-21(4-5-23-10-11)15-17-2-1-3-18-15/h1-3,7-8,11H,4-6,9-10H2,(H2,16,22)/t11-/m0/s1. The maximum atomic E-state index is 11.0. The number of nitrogens with two attached hydrogens (primary N) is 1. The minimum atomic E-state index is -0.575. The van der Waals surface area contributed by atoms with Crippen LogP contribution in [0.4, 0.5) is 5.95 Å². The summed E-state index contributed by atoms with van der Waals surface area (Å²) in [6, 6.07) is 1.80. The molecule has 23 heavy (non-hydrogen) atoms. The zero-order valence-corrected chi connectivity index (χ0v) is 12.6. The summed E-state index contributed by atoms with van der Waals surface area (Å²) in [5, 5.41) is 0. The maximum absolute atomic E-state index is 11.0. The normalized spacial score (nSPS) is 18.4. The highest BCUT2D eigenvalue weighted by Gasteiger charge is 2.21. The van der Waals surface area contributed by atoms with Gasteiger partial charge in [-0.1, -0.05) is 0 Å². The molecule has 1 aliphatic rings. The lowest BCUT2D eigenvalue weighted by Crippen LogP contribution is -2.32. The van der Waals surface area contributed by atoms with Crippen LogP contribution in [0, 0.1) is 5.92 Å². The smallest absolute Gasteiger partial charge is 0.268 e. The topological polar surface area (TPSA) is 107 Å². The van der Waals surface area contributed by atoms with Gasteiger partial charge in [-0.2, -0.15) is 0 Å². The molecule has 0 spiro atoms. The molecule has 3 rings (SSSR count). The molecule has 120 valence electrons. The number of carbonyl (C=O) groups excluding carboxylic acids is 1. The van der Waals surface area contributed by atoms with E-state index in [1.807, 2.05) is 0 Å². The van der Waals surface area contributed by atoms with Crippen molar-refractivity contribution in [2.24, 2.45) is 11.7 Å². The Morgan fingerprint density at radius 2 is 2.09 bits per heavy atom. The number of hydrogen-bond acceptors (Lipinski definition) is 7. The van der Waals surface area contributed by atoms with Gasteiger partial charge in [0.1, 0.15) is 5.69 Å². The van der Waals surface area contributed by atoms with Gasteiger partial charge in [-0.25, -0.2) is 15.0 Å². The number of primary amides is 1. The average Bonchev–Trinajstić information content (AvgIpc) is 2.82. The fraction of sp³-hybridized carbons (Fsp3) is 0.400. The van der Waals surface area contributed by atoms with Gasteiger partial charge >= 0.3 is 0 Å². The van der Waals surface area contributed by atoms with E-state index < -0.39 is 5.91 Å². The number of aromatic nitrogens is 4. The van der Waals surface area contributed by atoms with Gasteiger partial charge in [0.15, 0.2) is 0 Å². The second-order valence-electron chi connectivity index (χ2n) is 5.40. The van der Waals surface area contributed by atoms with Crippen LogP contribution < -0.4 is 10.6 Å². The van der Waals surface area contributed by atoms with E-state index in [0.717, 1.165) is 18.8 Å². The lowest BCUT2D eigenvalue weighted by molar-refractivity contribution is 0.0995. The summed E-state index contributed by atoms with van der Waals surface area (Å²) in [5.74, 6) is 0.377. The van der Waals surface area contributed by atoms with Gasteiger partial charge in [0, 0.05) is 37.6 Å². The number of carbonyl (C=O) groups is 1. The quantitative estimate of drug-likeness (QED) is 0.850. The van der Waals surface area contributed by atoms with Crippen LogP contribution in [-0.2, 0) is 11.2 Å². The lowest BCUT2D eigenvalue weighted by Gasteiger charge is -2.23. The largest absolute Gasteiger partial charge is 0.379 e. The summed E-state index contributed by atoms with van der Waals surface area (Å²) in [7, 11) is 0. The molecule has 1 atom stereocenters. The first kappa shape index (κ1) is 15.3. The van der Waals surface area contributed by atoms with E-state index in [2.05, 4.69) is 24.8 Å². The summed E-state index contributed by atoms with van der Waals surface area (Å²) < 4.78 is 5.67. The molecule has 1 saturated heterocycles. The van der Waals surface area contributed by atoms with Crippen LogP contribution in [-0.4, -0.2) is 52.1 Å². The Morgan fingerprint density at radius 3 is 2.78 bits per heavy atom. The van der Waals surface area contributed by atoms with Crippen LogP contribution in [0.1, 0.15) is 16.2 Å². The van der Waals surface area contributed by atoms with Crippen molar-refractivity contribution in [1.29, 1.82) is 0 Å². The number of amides is 1. The molecular formula is C15H18N6O2. The number of nitrogens with zero attached hydrogens (tertiary/aromatic N) is 5. The minimum Gasteiger partial charge on any atom is -0.379 e. The zero-order valence-electron chi connectivity index (χ0n) is 12.6. The molecule has 8 heteroatoms. The van der Waals surface area contributed by atoms with Crippen molar-refractivity contribution >= 4 is 11.9 Å². The molecule has 3 heterocycles. The molecule has 2 aromatic heterocycles. The van der Waals surface area contributed by atoms with E-state index in [1.54, 1.807) is 24.7 Å². The molecule has 0 aliphatic carbocycles. The SMILES string of the molecule is NC(=O)c1cnc(C[C@@H]2COCCN(c3ncccn3)C2)cn1. The van der Waals surface area contributed by atoms with Gasteiger partial charge in [0.2, 0.25) is 5.95 Å². The minimum absolute atomic E-state index is 0.171. The van der Waals surface area contributed by atoms with E-state index in [0.29, 0.717) is 25.6 Å². The third-order valence-electron chi connectivity index (χ3n) is 3.63. The van der Waals surface area contributed by atoms with Gasteiger partial charge in [0.05, 0.1) is 25.1 Å². The Labute approximate surface area is 133 Å². The summed E-state index contributed by atoms with van der Waals surface area (Å²) in [6.45, 7) is 2.82.